The fourth-order valence-electron chi connectivity index (χ4n) is 4.13. The van der Waals surface area contributed by atoms with Gasteiger partial charge in [-0.1, -0.05) is 26.0 Å². The lowest BCUT2D eigenvalue weighted by Crippen LogP contribution is -2.31. The molecule has 2 aromatic heterocycles. The van der Waals surface area contributed by atoms with Gasteiger partial charge in [0.15, 0.2) is 0 Å². The molecular weight excluding hydrogens is 387 g/mol. The second-order valence-electron chi connectivity index (χ2n) is 8.06. The van der Waals surface area contributed by atoms with Crippen LogP contribution in [-0.2, 0) is 5.41 Å². The molecule has 150 valence electrons. The lowest BCUT2D eigenvalue weighted by Gasteiger charge is -2.26. The molecule has 0 aliphatic heterocycles. The number of aromatic amines is 1. The zero-order valence-corrected chi connectivity index (χ0v) is 17.6. The molecule has 0 radical (unpaired) electrons. The van der Waals surface area contributed by atoms with Gasteiger partial charge in [0.25, 0.3) is 5.56 Å². The number of pyridine rings is 1. The Labute approximate surface area is 172 Å². The third kappa shape index (κ3) is 3.12. The minimum atomic E-state index is -0.374. The first-order valence-electron chi connectivity index (χ1n) is 9.45. The van der Waals surface area contributed by atoms with Crippen molar-refractivity contribution in [2.45, 2.75) is 26.2 Å². The van der Waals surface area contributed by atoms with Crippen LogP contribution >= 0.6 is 11.3 Å². The van der Waals surface area contributed by atoms with Crippen LogP contribution in [0.5, 0.6) is 5.75 Å². The van der Waals surface area contributed by atoms with Crippen molar-refractivity contribution in [3.05, 3.63) is 63.0 Å². The third-order valence-electron chi connectivity index (χ3n) is 5.49. The Hall–Kier alpha value is -2.70. The van der Waals surface area contributed by atoms with Gasteiger partial charge in [-0.25, -0.2) is 4.39 Å². The van der Waals surface area contributed by atoms with Gasteiger partial charge in [-0.3, -0.25) is 4.79 Å². The Morgan fingerprint density at radius 3 is 2.69 bits per heavy atom. The number of benzene rings is 2. The van der Waals surface area contributed by atoms with Crippen molar-refractivity contribution in [2.75, 3.05) is 13.6 Å². The van der Waals surface area contributed by atoms with Gasteiger partial charge in [0.2, 0.25) is 0 Å². The maximum absolute atomic E-state index is 15.1. The number of nitrogens with one attached hydrogen (secondary N) is 2. The summed E-state index contributed by atoms with van der Waals surface area (Å²) in [5, 5.41) is 17.3. The first-order valence-corrected chi connectivity index (χ1v) is 10.3. The van der Waals surface area contributed by atoms with Gasteiger partial charge in [0.1, 0.15) is 16.3 Å². The molecule has 0 atom stereocenters. The third-order valence-corrected chi connectivity index (χ3v) is 6.40. The van der Waals surface area contributed by atoms with Gasteiger partial charge >= 0.3 is 0 Å². The summed E-state index contributed by atoms with van der Waals surface area (Å²) in [6.45, 7) is 6.45. The fraction of sp³-hybridized carbons (Fsp3) is 0.261. The monoisotopic (exact) mass is 410 g/mol. The highest BCUT2D eigenvalue weighted by atomic mass is 32.1. The molecule has 3 N–H and O–H groups in total. The first kappa shape index (κ1) is 19.6. The van der Waals surface area contributed by atoms with Crippen molar-refractivity contribution in [1.82, 2.24) is 10.3 Å². The molecule has 0 aliphatic rings. The molecule has 4 nitrogen and oxygen atoms in total. The number of aromatic nitrogens is 1. The van der Waals surface area contributed by atoms with E-state index in [-0.39, 0.29) is 22.5 Å². The number of likely N-dealkylation sites (N-methyl/N-ethyl adjacent to an activating group) is 1. The molecule has 0 fully saturated rings. The highest BCUT2D eigenvalue weighted by molar-refractivity contribution is 7.17. The fourth-order valence-corrected chi connectivity index (χ4v) is 4.93. The van der Waals surface area contributed by atoms with E-state index in [4.69, 9.17) is 0 Å². The van der Waals surface area contributed by atoms with E-state index < -0.39 is 0 Å². The number of hydrogen-bond acceptors (Lipinski definition) is 4. The summed E-state index contributed by atoms with van der Waals surface area (Å²) in [6.07, 6.45) is 0. The molecule has 29 heavy (non-hydrogen) atoms. The molecule has 0 spiro atoms. The van der Waals surface area contributed by atoms with Gasteiger partial charge < -0.3 is 15.4 Å². The van der Waals surface area contributed by atoms with E-state index in [2.05, 4.69) is 10.3 Å². The number of rotatable bonds is 4. The molecule has 0 saturated carbocycles. The number of fused-ring (bicyclic) bond motifs is 3. The smallest absolute Gasteiger partial charge is 0.266 e. The summed E-state index contributed by atoms with van der Waals surface area (Å²) < 4.78 is 15.7. The zero-order chi connectivity index (χ0) is 20.9. The van der Waals surface area contributed by atoms with Crippen LogP contribution in [0, 0.1) is 12.7 Å². The van der Waals surface area contributed by atoms with Crippen molar-refractivity contribution in [1.29, 1.82) is 0 Å². The predicted molar refractivity (Wildman–Crippen MR) is 119 cm³/mol. The maximum Gasteiger partial charge on any atom is 0.266 e. The van der Waals surface area contributed by atoms with Crippen molar-refractivity contribution >= 4 is 32.3 Å². The quantitative estimate of drug-likeness (QED) is 0.441. The molecule has 4 rings (SSSR count). The molecule has 2 heterocycles. The predicted octanol–water partition coefficient (Wildman–Crippen LogP) is 5.06. The molecule has 0 saturated heterocycles. The Morgan fingerprint density at radius 2 is 2.00 bits per heavy atom. The van der Waals surface area contributed by atoms with Gasteiger partial charge in [0.05, 0.1) is 5.52 Å². The van der Waals surface area contributed by atoms with Crippen molar-refractivity contribution < 1.29 is 9.50 Å². The van der Waals surface area contributed by atoms with Crippen LogP contribution in [0.4, 0.5) is 4.39 Å². The van der Waals surface area contributed by atoms with E-state index >= 15 is 4.39 Å². The number of phenolic OH excluding ortho intramolecular Hbond substituents is 1. The Kier molecular flexibility index (Phi) is 4.71. The standard InChI is InChI=1S/C23H23FN2O2S/c1-12-9-17(27)18(19-14-7-8-29-21(14)22(28)26-20(12)19)13-5-6-15(16(24)10-13)23(2,3)11-25-4/h5-10,25,27H,11H2,1-4H3,(H,26,28). The van der Waals surface area contributed by atoms with Gasteiger partial charge in [-0.15, -0.1) is 11.3 Å². The van der Waals surface area contributed by atoms with Crippen LogP contribution in [0.3, 0.4) is 0 Å². The van der Waals surface area contributed by atoms with Crippen molar-refractivity contribution in [2.24, 2.45) is 0 Å². The van der Waals surface area contributed by atoms with E-state index in [9.17, 15) is 9.90 Å². The van der Waals surface area contributed by atoms with Crippen LogP contribution in [0.15, 0.2) is 40.5 Å². The minimum Gasteiger partial charge on any atom is -0.507 e. The van der Waals surface area contributed by atoms with E-state index in [0.717, 1.165) is 16.3 Å². The van der Waals surface area contributed by atoms with Crippen LogP contribution in [0.1, 0.15) is 25.0 Å². The minimum absolute atomic E-state index is 0.0659. The average Bonchev–Trinajstić information content (AvgIpc) is 3.13. The number of thiophene rings is 1. The SMILES string of the molecule is CNCC(C)(C)c1ccc(-c2c(O)cc(C)c3[nH]c(=O)c4sccc4c23)cc1F. The highest BCUT2D eigenvalue weighted by Crippen LogP contribution is 2.42. The van der Waals surface area contributed by atoms with E-state index in [1.165, 1.54) is 17.4 Å². The summed E-state index contributed by atoms with van der Waals surface area (Å²) in [7, 11) is 1.84. The number of phenols is 1. The summed E-state index contributed by atoms with van der Waals surface area (Å²) in [5.74, 6) is -0.252. The number of hydrogen-bond donors (Lipinski definition) is 3. The van der Waals surface area contributed by atoms with Crippen LogP contribution in [0.25, 0.3) is 32.1 Å². The summed E-state index contributed by atoms with van der Waals surface area (Å²) >= 11 is 1.35. The Bertz CT molecular complexity index is 1300. The lowest BCUT2D eigenvalue weighted by molar-refractivity contribution is 0.462. The normalized spacial score (nSPS) is 12.2. The number of aromatic hydroxyl groups is 1. The second-order valence-corrected chi connectivity index (χ2v) is 8.98. The van der Waals surface area contributed by atoms with Gasteiger partial charge in [0, 0.05) is 28.3 Å². The topological polar surface area (TPSA) is 65.1 Å². The van der Waals surface area contributed by atoms with Crippen molar-refractivity contribution in [3.8, 4) is 16.9 Å². The Balaban J connectivity index is 2.03. The average molecular weight is 411 g/mol. The molecule has 6 heteroatoms. The second kappa shape index (κ2) is 6.97. The van der Waals surface area contributed by atoms with Gasteiger partial charge in [-0.05, 0) is 54.2 Å². The van der Waals surface area contributed by atoms with E-state index in [1.54, 1.807) is 12.1 Å². The van der Waals surface area contributed by atoms with Gasteiger partial charge in [-0.2, -0.15) is 0 Å². The molecule has 4 aromatic rings. The molecular formula is C23H23FN2O2S. The first-order chi connectivity index (χ1) is 13.7. The Morgan fingerprint density at radius 1 is 1.24 bits per heavy atom. The summed E-state index contributed by atoms with van der Waals surface area (Å²) in [6, 6.07) is 8.58. The number of aryl methyl sites for hydroxylation is 1. The molecule has 2 aromatic carbocycles. The number of H-pyrrole nitrogens is 1. The van der Waals surface area contributed by atoms with E-state index in [0.29, 0.717) is 33.5 Å². The maximum atomic E-state index is 15.1. The van der Waals surface area contributed by atoms with E-state index in [1.807, 2.05) is 45.3 Å². The summed E-state index contributed by atoms with van der Waals surface area (Å²) in [4.78, 5) is 15.4. The molecule has 0 aliphatic carbocycles. The van der Waals surface area contributed by atoms with Crippen LogP contribution < -0.4 is 10.9 Å². The lowest BCUT2D eigenvalue weighted by atomic mass is 9.83. The zero-order valence-electron chi connectivity index (χ0n) is 16.8. The molecule has 0 amide bonds. The van der Waals surface area contributed by atoms with Crippen LogP contribution in [0.2, 0.25) is 0 Å². The highest BCUT2D eigenvalue weighted by Gasteiger charge is 2.25. The summed E-state index contributed by atoms with van der Waals surface area (Å²) in [5.41, 5.74) is 2.61. The molecule has 0 unspecified atom stereocenters. The largest absolute Gasteiger partial charge is 0.507 e. The van der Waals surface area contributed by atoms with Crippen LogP contribution in [-0.4, -0.2) is 23.7 Å². The number of halogens is 1. The molecule has 0 bridgehead atoms. The van der Waals surface area contributed by atoms with Crippen molar-refractivity contribution in [3.63, 3.8) is 0 Å².